The Morgan fingerprint density at radius 3 is 2.72 bits per heavy atom. The molecule has 54 heavy (non-hydrogen) atoms. The van der Waals surface area contributed by atoms with E-state index in [1.54, 1.807) is 0 Å². The number of nitrogens with zero attached hydrogens (tertiary/aromatic N) is 6. The third-order valence-corrected chi connectivity index (χ3v) is 13.0. The Morgan fingerprint density at radius 1 is 1.20 bits per heavy atom. The summed E-state index contributed by atoms with van der Waals surface area (Å²) in [4.78, 5) is 27.7. The zero-order valence-electron chi connectivity index (χ0n) is 28.6. The summed E-state index contributed by atoms with van der Waals surface area (Å²) in [5.74, 6) is -1.94. The van der Waals surface area contributed by atoms with Crippen LogP contribution in [-0.2, 0) is 14.3 Å². The number of nitriles is 1. The monoisotopic (exact) mass is 789 g/mol. The lowest BCUT2D eigenvalue weighted by Gasteiger charge is -2.56. The average molecular weight is 790 g/mol. The van der Waals surface area contributed by atoms with Crippen molar-refractivity contribution in [2.24, 2.45) is 5.41 Å². The third-order valence-electron chi connectivity index (χ3n) is 11.6. The number of rotatable bonds is 7. The number of hydrogen-bond acceptors (Lipinski definition) is 11. The molecule has 11 nitrogen and oxygen atoms in total. The summed E-state index contributed by atoms with van der Waals surface area (Å²) in [7, 11) is 0. The van der Waals surface area contributed by atoms with Gasteiger partial charge in [-0.1, -0.05) is 17.7 Å². The van der Waals surface area contributed by atoms with Crippen LogP contribution < -0.4 is 15.4 Å². The summed E-state index contributed by atoms with van der Waals surface area (Å²) in [6.07, 6.45) is -2.01. The minimum Gasteiger partial charge on any atom is -0.461 e. The Balaban J connectivity index is 1.12. The molecule has 4 aromatic rings. The number of hydrogen-bond donors (Lipinski definition) is 1. The smallest absolute Gasteiger partial charge is 0.319 e. The van der Waals surface area contributed by atoms with E-state index in [9.17, 15) is 27.6 Å². The van der Waals surface area contributed by atoms with Gasteiger partial charge in [0.25, 0.3) is 6.43 Å². The van der Waals surface area contributed by atoms with E-state index < -0.39 is 46.7 Å². The van der Waals surface area contributed by atoms with Gasteiger partial charge in [0.15, 0.2) is 11.2 Å². The lowest BCUT2D eigenvalue weighted by molar-refractivity contribution is -0.221. The second kappa shape index (κ2) is 12.7. The molecule has 2 atom stereocenters. The van der Waals surface area contributed by atoms with Gasteiger partial charge in [-0.15, -0.1) is 11.3 Å². The number of thiophene rings is 1. The number of morpholine rings is 1. The zero-order chi connectivity index (χ0) is 37.7. The highest BCUT2D eigenvalue weighted by Crippen LogP contribution is 2.47. The van der Waals surface area contributed by atoms with Gasteiger partial charge in [-0.25, -0.2) is 22.0 Å². The standard InChI is InChI=1S/C36H33ClF5N7O4S/c37-22-8-20-27(26(40)25(22)19-2-3-23(39)28-24(19)21(10-43)29(44)54-28)45-33(52-15-34-4-1-5-49(34)11-18(38)9-34)46-30(20)47-6-7-53-35(12-47)13-48(14-35)32(50)36(31(41)42)16-51-17-36/h2-3,8,18,31H,1,4-7,9,11-17,44H2/t18-,34+/m1/s1. The summed E-state index contributed by atoms with van der Waals surface area (Å²) in [5.41, 5.74) is 2.56. The van der Waals surface area contributed by atoms with E-state index in [2.05, 4.69) is 9.88 Å². The molecule has 9 rings (SSSR count). The number of alkyl halides is 3. The van der Waals surface area contributed by atoms with Crippen LogP contribution in [0, 0.1) is 28.4 Å². The fourth-order valence-electron chi connectivity index (χ4n) is 8.86. The zero-order valence-corrected chi connectivity index (χ0v) is 30.2. The number of halogens is 6. The number of nitrogens with two attached hydrogens (primary N) is 1. The molecule has 5 aliphatic rings. The lowest BCUT2D eigenvalue weighted by Crippen LogP contribution is -2.74. The molecule has 5 aliphatic heterocycles. The average Bonchev–Trinajstić information content (AvgIpc) is 3.75. The molecule has 1 amide bonds. The highest BCUT2D eigenvalue weighted by molar-refractivity contribution is 7.23. The van der Waals surface area contributed by atoms with Crippen LogP contribution in [0.5, 0.6) is 6.01 Å². The van der Waals surface area contributed by atoms with Gasteiger partial charge in [0.1, 0.15) is 46.6 Å². The molecule has 5 saturated heterocycles. The molecule has 18 heteroatoms. The number of nitrogen functional groups attached to an aromatic ring is 1. The van der Waals surface area contributed by atoms with Gasteiger partial charge in [0, 0.05) is 35.8 Å². The number of likely N-dealkylation sites (tertiary alicyclic amines) is 1. The first-order valence-electron chi connectivity index (χ1n) is 17.5. The van der Waals surface area contributed by atoms with Gasteiger partial charge in [-0.2, -0.15) is 15.2 Å². The van der Waals surface area contributed by atoms with Gasteiger partial charge in [-0.3, -0.25) is 9.69 Å². The first kappa shape index (κ1) is 35.6. The number of benzene rings is 2. The maximum absolute atomic E-state index is 17.2. The Hall–Kier alpha value is -4.08. The first-order valence-corrected chi connectivity index (χ1v) is 18.7. The quantitative estimate of drug-likeness (QED) is 0.238. The van der Waals surface area contributed by atoms with Crippen molar-refractivity contribution in [3.63, 3.8) is 0 Å². The summed E-state index contributed by atoms with van der Waals surface area (Å²) in [5, 5.41) is 10.2. The normalized spacial score (nSPS) is 24.6. The number of amides is 1. The Bertz CT molecular complexity index is 2260. The van der Waals surface area contributed by atoms with E-state index in [0.29, 0.717) is 13.0 Å². The number of ether oxygens (including phenoxy) is 3. The fourth-order valence-corrected chi connectivity index (χ4v) is 10.1. The molecule has 0 bridgehead atoms. The van der Waals surface area contributed by atoms with Crippen molar-refractivity contribution in [1.29, 1.82) is 5.26 Å². The van der Waals surface area contributed by atoms with Crippen LogP contribution in [0.25, 0.3) is 32.1 Å². The van der Waals surface area contributed by atoms with E-state index in [-0.39, 0.29) is 119 Å². The van der Waals surface area contributed by atoms with Crippen molar-refractivity contribution in [2.45, 2.75) is 43.0 Å². The molecule has 0 radical (unpaired) electrons. The Labute approximate surface area is 314 Å². The van der Waals surface area contributed by atoms with Crippen LogP contribution in [0.3, 0.4) is 0 Å². The fraction of sp³-hybridized carbons (Fsp3) is 0.500. The predicted octanol–water partition coefficient (Wildman–Crippen LogP) is 5.55. The molecule has 1 spiro atoms. The Morgan fingerprint density at radius 2 is 2.00 bits per heavy atom. The van der Waals surface area contributed by atoms with Crippen LogP contribution in [-0.4, -0.2) is 115 Å². The maximum Gasteiger partial charge on any atom is 0.319 e. The van der Waals surface area contributed by atoms with Crippen LogP contribution >= 0.6 is 22.9 Å². The topological polar surface area (TPSA) is 130 Å². The third kappa shape index (κ3) is 5.31. The van der Waals surface area contributed by atoms with Crippen LogP contribution in [0.4, 0.5) is 32.8 Å². The molecule has 2 aromatic carbocycles. The minimum absolute atomic E-state index is 0.00786. The molecule has 0 aliphatic carbocycles. The predicted molar refractivity (Wildman–Crippen MR) is 190 cm³/mol. The summed E-state index contributed by atoms with van der Waals surface area (Å²) in [6.45, 7) is 1.14. The molecular weight excluding hydrogens is 757 g/mol. The van der Waals surface area contributed by atoms with Gasteiger partial charge in [-0.05, 0) is 37.1 Å². The molecule has 5 fully saturated rings. The number of aromatic nitrogens is 2. The summed E-state index contributed by atoms with van der Waals surface area (Å²) < 4.78 is 92.0. The van der Waals surface area contributed by atoms with Crippen LogP contribution in [0.2, 0.25) is 5.02 Å². The van der Waals surface area contributed by atoms with Gasteiger partial charge in [0.2, 0.25) is 5.91 Å². The first-order chi connectivity index (χ1) is 25.9. The number of carbonyl (C=O) groups is 1. The Kier molecular flexibility index (Phi) is 8.40. The van der Waals surface area contributed by atoms with Crippen molar-refractivity contribution in [3.8, 4) is 23.2 Å². The van der Waals surface area contributed by atoms with Gasteiger partial charge < -0.3 is 29.7 Å². The van der Waals surface area contributed by atoms with E-state index in [0.717, 1.165) is 30.4 Å². The van der Waals surface area contributed by atoms with E-state index >= 15 is 4.39 Å². The van der Waals surface area contributed by atoms with E-state index in [1.165, 1.54) is 17.0 Å². The van der Waals surface area contributed by atoms with Crippen molar-refractivity contribution in [1.82, 2.24) is 19.8 Å². The lowest BCUT2D eigenvalue weighted by atomic mass is 9.81. The molecule has 284 valence electrons. The van der Waals surface area contributed by atoms with Crippen LogP contribution in [0.1, 0.15) is 24.8 Å². The molecule has 0 unspecified atom stereocenters. The number of anilines is 2. The van der Waals surface area contributed by atoms with Crippen molar-refractivity contribution in [2.75, 3.05) is 76.3 Å². The molecule has 2 N–H and O–H groups in total. The molecule has 7 heterocycles. The number of carbonyl (C=O) groups excluding carboxylic acids is 1. The van der Waals surface area contributed by atoms with Crippen molar-refractivity contribution in [3.05, 3.63) is 40.4 Å². The van der Waals surface area contributed by atoms with Gasteiger partial charge >= 0.3 is 6.01 Å². The maximum atomic E-state index is 17.2. The SMILES string of the molecule is N#Cc1c(N)sc2c(F)ccc(-c3c(Cl)cc4c(N5CCOC6(CN(C(=O)C7(C(F)F)COC7)C6)C5)nc(OC[C@@]56CCCN5C[C@H](F)C6)nc4c3F)c12. The second-order valence-electron chi connectivity index (χ2n) is 15.0. The molecule has 0 saturated carbocycles. The number of fused-ring (bicyclic) bond motifs is 3. The molecular formula is C36H33ClF5N7O4S. The van der Waals surface area contributed by atoms with Gasteiger partial charge in [0.05, 0.1) is 60.3 Å². The van der Waals surface area contributed by atoms with Crippen LogP contribution in [0.15, 0.2) is 18.2 Å². The van der Waals surface area contributed by atoms with Crippen molar-refractivity contribution >= 4 is 60.7 Å². The van der Waals surface area contributed by atoms with E-state index in [4.69, 9.17) is 36.5 Å². The largest absolute Gasteiger partial charge is 0.461 e. The minimum atomic E-state index is -2.88. The summed E-state index contributed by atoms with van der Waals surface area (Å²) in [6, 6.07) is 5.82. The summed E-state index contributed by atoms with van der Waals surface area (Å²) >= 11 is 7.73. The van der Waals surface area contributed by atoms with Crippen molar-refractivity contribution < 1.29 is 41.0 Å². The second-order valence-corrected chi connectivity index (χ2v) is 16.4. The highest BCUT2D eigenvalue weighted by Gasteiger charge is 2.60. The molecule has 2 aromatic heterocycles. The van der Waals surface area contributed by atoms with E-state index in [1.807, 2.05) is 11.0 Å². The highest BCUT2D eigenvalue weighted by atomic mass is 35.5.